The van der Waals surface area contributed by atoms with E-state index < -0.39 is 0 Å². The van der Waals surface area contributed by atoms with Crippen LogP contribution in [-0.2, 0) is 11.2 Å². The fraction of sp³-hybridized carbons (Fsp3) is 0.600. The van der Waals surface area contributed by atoms with Crippen molar-refractivity contribution in [2.24, 2.45) is 11.8 Å². The minimum absolute atomic E-state index is 0.607. The van der Waals surface area contributed by atoms with Gasteiger partial charge in [0, 0.05) is 23.6 Å². The lowest BCUT2D eigenvalue weighted by molar-refractivity contribution is 0.0998. The van der Waals surface area contributed by atoms with E-state index in [1.165, 1.54) is 5.56 Å². The van der Waals surface area contributed by atoms with Gasteiger partial charge in [-0.3, -0.25) is 0 Å². The highest BCUT2D eigenvalue weighted by Gasteiger charge is 2.09. The van der Waals surface area contributed by atoms with Gasteiger partial charge in [-0.05, 0) is 42.4 Å². The van der Waals surface area contributed by atoms with Crippen LogP contribution in [0, 0.1) is 11.8 Å². The maximum Gasteiger partial charge on any atom is 0.0488 e. The Morgan fingerprint density at radius 1 is 1.33 bits per heavy atom. The minimum atomic E-state index is 0.607. The summed E-state index contributed by atoms with van der Waals surface area (Å²) in [5.41, 5.74) is 1.30. The van der Waals surface area contributed by atoms with E-state index in [9.17, 15) is 0 Å². The van der Waals surface area contributed by atoms with Gasteiger partial charge in [-0.25, -0.2) is 0 Å². The average Bonchev–Trinajstić information content (AvgIpc) is 2.33. The van der Waals surface area contributed by atoms with Crippen LogP contribution in [0.15, 0.2) is 24.3 Å². The number of benzene rings is 1. The molecular weight excluding hydrogens is 312 g/mol. The summed E-state index contributed by atoms with van der Waals surface area (Å²) in [4.78, 5) is 0. The van der Waals surface area contributed by atoms with Gasteiger partial charge < -0.3 is 4.74 Å². The molecule has 0 aliphatic rings. The molecule has 18 heavy (non-hydrogen) atoms. The molecule has 1 rings (SSSR count). The normalized spacial score (nSPS) is 12.9. The Hall–Kier alpha value is -0.0500. The summed E-state index contributed by atoms with van der Waals surface area (Å²) < 4.78 is 5.64. The summed E-state index contributed by atoms with van der Waals surface area (Å²) in [6.07, 6.45) is 2.14. The smallest absolute Gasteiger partial charge is 0.0488 e. The molecule has 3 heteroatoms. The summed E-state index contributed by atoms with van der Waals surface area (Å²) in [5.74, 6) is 1.22. The lowest BCUT2D eigenvalue weighted by Crippen LogP contribution is -2.12. The third-order valence-corrected chi connectivity index (χ3v) is 3.90. The molecule has 0 spiro atoms. The molecule has 0 aliphatic heterocycles. The molecule has 0 fully saturated rings. The Bertz CT molecular complexity index is 341. The van der Waals surface area contributed by atoms with Gasteiger partial charge in [-0.1, -0.05) is 53.5 Å². The van der Waals surface area contributed by atoms with Crippen molar-refractivity contribution in [2.45, 2.75) is 26.7 Å². The van der Waals surface area contributed by atoms with Gasteiger partial charge in [0.25, 0.3) is 0 Å². The molecule has 0 heterocycles. The van der Waals surface area contributed by atoms with Gasteiger partial charge in [0.15, 0.2) is 0 Å². The van der Waals surface area contributed by atoms with Crippen LogP contribution >= 0.6 is 27.5 Å². The molecule has 0 aromatic heterocycles. The maximum atomic E-state index is 6.00. The number of halogens is 2. The number of hydrogen-bond donors (Lipinski definition) is 0. The van der Waals surface area contributed by atoms with Gasteiger partial charge in [-0.15, -0.1) is 0 Å². The summed E-state index contributed by atoms with van der Waals surface area (Å²) in [7, 11) is 0. The van der Waals surface area contributed by atoms with Crippen LogP contribution in [0.5, 0.6) is 0 Å². The standard InChI is InChI=1S/C15H22BrClO/c1-12(2)11-18-7-6-14(10-16)8-13-4-3-5-15(17)9-13/h3-5,9,12,14H,6-8,10-11H2,1-2H3. The molecule has 0 bridgehead atoms. The second kappa shape index (κ2) is 8.95. The highest BCUT2D eigenvalue weighted by Crippen LogP contribution is 2.18. The third kappa shape index (κ3) is 6.77. The van der Waals surface area contributed by atoms with Crippen molar-refractivity contribution in [3.8, 4) is 0 Å². The average molecular weight is 334 g/mol. The Morgan fingerprint density at radius 3 is 2.72 bits per heavy atom. The van der Waals surface area contributed by atoms with E-state index in [-0.39, 0.29) is 0 Å². The van der Waals surface area contributed by atoms with E-state index in [0.29, 0.717) is 11.8 Å². The Kier molecular flexibility index (Phi) is 7.96. The van der Waals surface area contributed by atoms with E-state index in [2.05, 4.69) is 35.8 Å². The van der Waals surface area contributed by atoms with Crippen LogP contribution in [0.25, 0.3) is 0 Å². The highest BCUT2D eigenvalue weighted by atomic mass is 79.9. The first-order chi connectivity index (χ1) is 8.61. The summed E-state index contributed by atoms with van der Waals surface area (Å²) in [5, 5.41) is 1.82. The Balaban J connectivity index is 2.33. The molecule has 1 aromatic carbocycles. The third-order valence-electron chi connectivity index (χ3n) is 2.75. The van der Waals surface area contributed by atoms with Gasteiger partial charge >= 0.3 is 0 Å². The van der Waals surface area contributed by atoms with Crippen LogP contribution in [0.4, 0.5) is 0 Å². The lowest BCUT2D eigenvalue weighted by Gasteiger charge is -2.15. The zero-order chi connectivity index (χ0) is 13.4. The Morgan fingerprint density at radius 2 is 2.11 bits per heavy atom. The van der Waals surface area contributed by atoms with E-state index in [1.807, 2.05) is 18.2 Å². The molecule has 0 aliphatic carbocycles. The number of alkyl halides is 1. The van der Waals surface area contributed by atoms with E-state index in [4.69, 9.17) is 16.3 Å². The Labute approximate surface area is 124 Å². The van der Waals surface area contributed by atoms with Crippen molar-refractivity contribution in [1.82, 2.24) is 0 Å². The molecule has 0 saturated heterocycles. The molecule has 0 amide bonds. The van der Waals surface area contributed by atoms with Crippen LogP contribution < -0.4 is 0 Å². The molecule has 1 aromatic rings. The largest absolute Gasteiger partial charge is 0.381 e. The van der Waals surface area contributed by atoms with Crippen molar-refractivity contribution in [2.75, 3.05) is 18.5 Å². The molecular formula is C15H22BrClO. The zero-order valence-electron chi connectivity index (χ0n) is 11.2. The zero-order valence-corrected chi connectivity index (χ0v) is 13.5. The number of rotatable bonds is 8. The molecule has 1 nitrogen and oxygen atoms in total. The topological polar surface area (TPSA) is 9.23 Å². The van der Waals surface area contributed by atoms with Gasteiger partial charge in [0.05, 0.1) is 0 Å². The summed E-state index contributed by atoms with van der Waals surface area (Å²) in [6, 6.07) is 8.11. The predicted molar refractivity (Wildman–Crippen MR) is 82.7 cm³/mol. The first-order valence-corrected chi connectivity index (χ1v) is 8.00. The fourth-order valence-electron chi connectivity index (χ4n) is 1.80. The molecule has 0 saturated carbocycles. The van der Waals surface area contributed by atoms with Gasteiger partial charge in [0.2, 0.25) is 0 Å². The van der Waals surface area contributed by atoms with Crippen LogP contribution in [0.1, 0.15) is 25.8 Å². The van der Waals surface area contributed by atoms with E-state index >= 15 is 0 Å². The van der Waals surface area contributed by atoms with E-state index in [1.54, 1.807) is 0 Å². The second-order valence-electron chi connectivity index (χ2n) is 5.11. The van der Waals surface area contributed by atoms with Crippen LogP contribution in [-0.4, -0.2) is 18.5 Å². The first kappa shape index (κ1) is 16.0. The lowest BCUT2D eigenvalue weighted by atomic mass is 9.98. The van der Waals surface area contributed by atoms with Crippen LogP contribution in [0.2, 0.25) is 5.02 Å². The molecule has 1 atom stereocenters. The second-order valence-corrected chi connectivity index (χ2v) is 6.20. The van der Waals surface area contributed by atoms with Crippen molar-refractivity contribution in [3.05, 3.63) is 34.9 Å². The quantitative estimate of drug-likeness (QED) is 0.483. The molecule has 0 radical (unpaired) electrons. The van der Waals surface area contributed by atoms with Crippen molar-refractivity contribution >= 4 is 27.5 Å². The highest BCUT2D eigenvalue weighted by molar-refractivity contribution is 9.09. The maximum absolute atomic E-state index is 6.00. The minimum Gasteiger partial charge on any atom is -0.381 e. The van der Waals surface area contributed by atoms with E-state index in [0.717, 1.165) is 36.4 Å². The monoisotopic (exact) mass is 332 g/mol. The van der Waals surface area contributed by atoms with Gasteiger partial charge in [-0.2, -0.15) is 0 Å². The van der Waals surface area contributed by atoms with Gasteiger partial charge in [0.1, 0.15) is 0 Å². The molecule has 102 valence electrons. The SMILES string of the molecule is CC(C)COCCC(CBr)Cc1cccc(Cl)c1. The van der Waals surface area contributed by atoms with Crippen molar-refractivity contribution in [1.29, 1.82) is 0 Å². The van der Waals surface area contributed by atoms with Crippen molar-refractivity contribution in [3.63, 3.8) is 0 Å². The number of hydrogen-bond acceptors (Lipinski definition) is 1. The molecule has 0 N–H and O–H groups in total. The summed E-state index contributed by atoms with van der Waals surface area (Å²) in [6.45, 7) is 6.04. The number of ether oxygens (including phenoxy) is 1. The predicted octanol–water partition coefficient (Wildman–Crippen LogP) is 4.96. The molecule has 1 unspecified atom stereocenters. The fourth-order valence-corrected chi connectivity index (χ4v) is 2.57. The first-order valence-electron chi connectivity index (χ1n) is 6.50. The summed E-state index contributed by atoms with van der Waals surface area (Å²) >= 11 is 9.58. The van der Waals surface area contributed by atoms with Crippen molar-refractivity contribution < 1.29 is 4.74 Å². The van der Waals surface area contributed by atoms with Crippen LogP contribution in [0.3, 0.4) is 0 Å².